The van der Waals surface area contributed by atoms with Crippen LogP contribution in [-0.2, 0) is 6.54 Å². The molecular formula is C16H18N6S. The third kappa shape index (κ3) is 2.59. The Morgan fingerprint density at radius 3 is 2.78 bits per heavy atom. The largest absolute Gasteiger partial charge is 0.389 e. The van der Waals surface area contributed by atoms with E-state index in [1.54, 1.807) is 7.05 Å². The van der Waals surface area contributed by atoms with E-state index >= 15 is 0 Å². The van der Waals surface area contributed by atoms with Gasteiger partial charge in [0.25, 0.3) is 0 Å². The molecule has 0 unspecified atom stereocenters. The van der Waals surface area contributed by atoms with E-state index in [-0.39, 0.29) is 4.99 Å². The standard InChI is InChI=1S/C16H18N6S/c1-9-4-3-5-10(6-9)7-22-13(17)11(14(18)23)12-15(19-2)20-8-21-16(12)22/h3-6,8H,7,17H2,1-2H3,(H2,18,23)(H,19,20,21). The van der Waals surface area contributed by atoms with Gasteiger partial charge in [-0.1, -0.05) is 42.0 Å². The molecule has 118 valence electrons. The first kappa shape index (κ1) is 15.2. The van der Waals surface area contributed by atoms with Crippen LogP contribution in [0.3, 0.4) is 0 Å². The van der Waals surface area contributed by atoms with Crippen molar-refractivity contribution in [3.63, 3.8) is 0 Å². The number of fused-ring (bicyclic) bond motifs is 1. The minimum Gasteiger partial charge on any atom is -0.389 e. The third-order valence-corrected chi connectivity index (χ3v) is 3.99. The van der Waals surface area contributed by atoms with Crippen LogP contribution >= 0.6 is 12.2 Å². The van der Waals surface area contributed by atoms with Gasteiger partial charge >= 0.3 is 0 Å². The van der Waals surface area contributed by atoms with Gasteiger partial charge in [0.05, 0.1) is 17.5 Å². The van der Waals surface area contributed by atoms with Crippen LogP contribution in [0.1, 0.15) is 16.7 Å². The molecule has 7 heteroatoms. The zero-order valence-electron chi connectivity index (χ0n) is 13.0. The summed E-state index contributed by atoms with van der Waals surface area (Å²) in [7, 11) is 1.79. The van der Waals surface area contributed by atoms with Crippen molar-refractivity contribution in [1.82, 2.24) is 14.5 Å². The Balaban J connectivity index is 2.25. The van der Waals surface area contributed by atoms with Gasteiger partial charge in [-0.05, 0) is 12.5 Å². The molecule has 0 saturated carbocycles. The Morgan fingerprint density at radius 1 is 1.35 bits per heavy atom. The molecule has 0 aliphatic heterocycles. The Bertz CT molecular complexity index is 899. The quantitative estimate of drug-likeness (QED) is 0.635. The van der Waals surface area contributed by atoms with Gasteiger partial charge in [0.2, 0.25) is 0 Å². The highest BCUT2D eigenvalue weighted by Gasteiger charge is 2.21. The molecule has 0 spiro atoms. The van der Waals surface area contributed by atoms with Crippen LogP contribution in [0, 0.1) is 6.92 Å². The maximum atomic E-state index is 6.33. The van der Waals surface area contributed by atoms with Crippen molar-refractivity contribution in [2.24, 2.45) is 5.73 Å². The number of hydrogen-bond acceptors (Lipinski definition) is 5. The highest BCUT2D eigenvalue weighted by atomic mass is 32.1. The van der Waals surface area contributed by atoms with E-state index in [1.807, 2.05) is 10.6 Å². The predicted octanol–water partition coefficient (Wildman–Crippen LogP) is 2.05. The molecule has 3 rings (SSSR count). The van der Waals surface area contributed by atoms with Gasteiger partial charge in [-0.3, -0.25) is 0 Å². The number of nitrogens with zero attached hydrogens (tertiary/aromatic N) is 3. The monoisotopic (exact) mass is 326 g/mol. The van der Waals surface area contributed by atoms with Crippen LogP contribution in [0.25, 0.3) is 11.0 Å². The van der Waals surface area contributed by atoms with E-state index in [9.17, 15) is 0 Å². The summed E-state index contributed by atoms with van der Waals surface area (Å²) in [5, 5.41) is 3.80. The van der Waals surface area contributed by atoms with Crippen molar-refractivity contribution in [3.05, 3.63) is 47.3 Å². The van der Waals surface area contributed by atoms with E-state index in [1.165, 1.54) is 11.9 Å². The van der Waals surface area contributed by atoms with E-state index in [2.05, 4.69) is 40.4 Å². The van der Waals surface area contributed by atoms with Gasteiger partial charge in [0, 0.05) is 7.05 Å². The maximum Gasteiger partial charge on any atom is 0.148 e. The molecule has 2 aromatic heterocycles. The van der Waals surface area contributed by atoms with Crippen LogP contribution in [0.2, 0.25) is 0 Å². The SMILES string of the molecule is CNc1ncnc2c1c(C(N)=S)c(N)n2Cc1cccc(C)c1. The van der Waals surface area contributed by atoms with Crippen molar-refractivity contribution in [3.8, 4) is 0 Å². The molecule has 2 heterocycles. The molecule has 0 bridgehead atoms. The molecule has 3 aromatic rings. The van der Waals surface area contributed by atoms with Crippen molar-refractivity contribution in [1.29, 1.82) is 0 Å². The molecular weight excluding hydrogens is 308 g/mol. The lowest BCUT2D eigenvalue weighted by Crippen LogP contribution is -2.13. The fourth-order valence-electron chi connectivity index (χ4n) is 2.78. The molecule has 23 heavy (non-hydrogen) atoms. The van der Waals surface area contributed by atoms with Crippen molar-refractivity contribution in [2.75, 3.05) is 18.1 Å². The lowest BCUT2D eigenvalue weighted by molar-refractivity contribution is 0.833. The highest BCUT2D eigenvalue weighted by molar-refractivity contribution is 7.80. The number of benzene rings is 1. The second-order valence-corrected chi connectivity index (χ2v) is 5.81. The topological polar surface area (TPSA) is 94.8 Å². The van der Waals surface area contributed by atoms with Gasteiger partial charge in [-0.2, -0.15) is 0 Å². The summed E-state index contributed by atoms with van der Waals surface area (Å²) in [6, 6.07) is 8.25. The first-order valence-electron chi connectivity index (χ1n) is 7.18. The number of rotatable bonds is 4. The number of hydrogen-bond donors (Lipinski definition) is 3. The highest BCUT2D eigenvalue weighted by Crippen LogP contribution is 2.31. The molecule has 0 aliphatic rings. The minimum absolute atomic E-state index is 0.238. The van der Waals surface area contributed by atoms with Crippen LogP contribution in [-0.4, -0.2) is 26.6 Å². The molecule has 6 nitrogen and oxygen atoms in total. The summed E-state index contributed by atoms with van der Waals surface area (Å²) in [5.41, 5.74) is 15.9. The molecule has 5 N–H and O–H groups in total. The van der Waals surface area contributed by atoms with Gasteiger partial charge < -0.3 is 21.4 Å². The average molecular weight is 326 g/mol. The van der Waals surface area contributed by atoms with E-state index in [4.69, 9.17) is 23.7 Å². The molecule has 0 amide bonds. The zero-order chi connectivity index (χ0) is 16.6. The Hall–Kier alpha value is -2.67. The van der Waals surface area contributed by atoms with E-state index in [0.29, 0.717) is 29.4 Å². The smallest absolute Gasteiger partial charge is 0.148 e. The van der Waals surface area contributed by atoms with Crippen molar-refractivity contribution < 1.29 is 0 Å². The minimum atomic E-state index is 0.238. The van der Waals surface area contributed by atoms with Gasteiger partial charge in [-0.15, -0.1) is 0 Å². The Kier molecular flexibility index (Phi) is 3.87. The summed E-state index contributed by atoms with van der Waals surface area (Å²) >= 11 is 5.18. The predicted molar refractivity (Wildman–Crippen MR) is 97.7 cm³/mol. The molecule has 0 aliphatic carbocycles. The second-order valence-electron chi connectivity index (χ2n) is 5.37. The lowest BCUT2D eigenvalue weighted by Gasteiger charge is -2.08. The number of aromatic nitrogens is 3. The fraction of sp³-hybridized carbons (Fsp3) is 0.188. The van der Waals surface area contributed by atoms with Crippen LogP contribution in [0.15, 0.2) is 30.6 Å². The normalized spacial score (nSPS) is 10.9. The lowest BCUT2D eigenvalue weighted by atomic mass is 10.1. The van der Waals surface area contributed by atoms with E-state index in [0.717, 1.165) is 10.9 Å². The van der Waals surface area contributed by atoms with Crippen molar-refractivity contribution >= 4 is 39.9 Å². The third-order valence-electron chi connectivity index (χ3n) is 3.79. The Labute approximate surface area is 139 Å². The number of nitrogen functional groups attached to an aromatic ring is 1. The molecule has 0 atom stereocenters. The van der Waals surface area contributed by atoms with Gasteiger partial charge in [-0.25, -0.2) is 9.97 Å². The molecule has 0 fully saturated rings. The maximum absolute atomic E-state index is 6.33. The summed E-state index contributed by atoms with van der Waals surface area (Å²) in [4.78, 5) is 8.86. The van der Waals surface area contributed by atoms with Gasteiger partial charge in [0.15, 0.2) is 0 Å². The molecule has 0 saturated heterocycles. The summed E-state index contributed by atoms with van der Waals surface area (Å²) in [6.07, 6.45) is 1.50. The summed E-state index contributed by atoms with van der Waals surface area (Å²) in [5.74, 6) is 1.17. The van der Waals surface area contributed by atoms with Crippen LogP contribution in [0.4, 0.5) is 11.6 Å². The van der Waals surface area contributed by atoms with Gasteiger partial charge in [0.1, 0.15) is 28.6 Å². The molecule has 0 radical (unpaired) electrons. The van der Waals surface area contributed by atoms with Crippen LogP contribution in [0.5, 0.6) is 0 Å². The summed E-state index contributed by atoms with van der Waals surface area (Å²) in [6.45, 7) is 2.65. The molecule has 1 aromatic carbocycles. The number of anilines is 2. The number of thiocarbonyl (C=S) groups is 1. The first-order valence-corrected chi connectivity index (χ1v) is 7.59. The number of nitrogens with one attached hydrogen (secondary N) is 1. The zero-order valence-corrected chi connectivity index (χ0v) is 13.8. The van der Waals surface area contributed by atoms with E-state index < -0.39 is 0 Å². The number of nitrogens with two attached hydrogens (primary N) is 2. The fourth-order valence-corrected chi connectivity index (χ4v) is 2.99. The first-order chi connectivity index (χ1) is 11.0. The number of aryl methyl sites for hydroxylation is 1. The summed E-state index contributed by atoms with van der Waals surface area (Å²) < 4.78 is 1.92. The Morgan fingerprint density at radius 2 is 2.13 bits per heavy atom. The average Bonchev–Trinajstić information content (AvgIpc) is 2.80. The second kappa shape index (κ2) is 5.85. The van der Waals surface area contributed by atoms with Crippen LogP contribution < -0.4 is 16.8 Å². The van der Waals surface area contributed by atoms with Crippen molar-refractivity contribution in [2.45, 2.75) is 13.5 Å².